The number of benzene rings is 2. The van der Waals surface area contributed by atoms with E-state index in [1.165, 1.54) is 33.9 Å². The molecule has 6 nitrogen and oxygen atoms in total. The van der Waals surface area contributed by atoms with Crippen molar-refractivity contribution in [2.45, 2.75) is 11.8 Å². The fourth-order valence-electron chi connectivity index (χ4n) is 2.77. The fourth-order valence-corrected chi connectivity index (χ4v) is 4.77. The van der Waals surface area contributed by atoms with Crippen molar-refractivity contribution in [3.8, 4) is 11.3 Å². The van der Waals surface area contributed by atoms with Gasteiger partial charge >= 0.3 is 0 Å². The first-order valence-electron chi connectivity index (χ1n) is 8.20. The zero-order valence-corrected chi connectivity index (χ0v) is 16.2. The second kappa shape index (κ2) is 6.84. The molecular weight excluding hydrogens is 401 g/mol. The van der Waals surface area contributed by atoms with Crippen molar-refractivity contribution < 1.29 is 12.8 Å². The maximum absolute atomic E-state index is 13.0. The number of hydrogen-bond donors (Lipinski definition) is 1. The van der Waals surface area contributed by atoms with Gasteiger partial charge in [-0.05, 0) is 48.9 Å². The molecule has 2 aromatic carbocycles. The summed E-state index contributed by atoms with van der Waals surface area (Å²) in [6.45, 7) is 1.77. The molecule has 2 aromatic heterocycles. The van der Waals surface area contributed by atoms with Gasteiger partial charge in [0.2, 0.25) is 0 Å². The maximum Gasteiger partial charge on any atom is 0.261 e. The molecule has 0 saturated heterocycles. The highest BCUT2D eigenvalue weighted by molar-refractivity contribution is 7.92. The molecule has 0 aliphatic heterocycles. The number of aromatic nitrogens is 2. The van der Waals surface area contributed by atoms with Gasteiger partial charge in [0.05, 0.1) is 10.6 Å². The number of anilines is 1. The van der Waals surface area contributed by atoms with E-state index < -0.39 is 15.8 Å². The van der Waals surface area contributed by atoms with Gasteiger partial charge < -0.3 is 0 Å². The molecule has 0 aliphatic carbocycles. The van der Waals surface area contributed by atoms with E-state index in [9.17, 15) is 17.6 Å². The van der Waals surface area contributed by atoms with Gasteiger partial charge in [-0.1, -0.05) is 12.1 Å². The van der Waals surface area contributed by atoms with E-state index >= 15 is 0 Å². The summed E-state index contributed by atoms with van der Waals surface area (Å²) in [6, 6.07) is 12.7. The average molecular weight is 415 g/mol. The number of sulfonamides is 1. The maximum atomic E-state index is 13.0. The van der Waals surface area contributed by atoms with Crippen LogP contribution in [0.4, 0.5) is 10.1 Å². The summed E-state index contributed by atoms with van der Waals surface area (Å²) >= 11 is 1.36. The summed E-state index contributed by atoms with van der Waals surface area (Å²) in [5.74, 6) is -0.508. The van der Waals surface area contributed by atoms with Crippen molar-refractivity contribution in [1.82, 2.24) is 9.38 Å². The number of fused-ring (bicyclic) bond motifs is 1. The molecule has 0 fully saturated rings. The first-order valence-corrected chi connectivity index (χ1v) is 10.6. The first kappa shape index (κ1) is 18.3. The monoisotopic (exact) mass is 415 g/mol. The third kappa shape index (κ3) is 3.41. The minimum absolute atomic E-state index is 0.0326. The third-order valence-corrected chi connectivity index (χ3v) is 6.31. The van der Waals surface area contributed by atoms with E-state index in [-0.39, 0.29) is 10.5 Å². The van der Waals surface area contributed by atoms with E-state index in [2.05, 4.69) is 9.71 Å². The summed E-state index contributed by atoms with van der Waals surface area (Å²) in [4.78, 5) is 17.2. The Hall–Kier alpha value is -3.04. The lowest BCUT2D eigenvalue weighted by Crippen LogP contribution is -2.14. The summed E-state index contributed by atoms with van der Waals surface area (Å²) < 4.78 is 41.8. The van der Waals surface area contributed by atoms with Crippen LogP contribution in [0.5, 0.6) is 0 Å². The Morgan fingerprint density at radius 3 is 2.43 bits per heavy atom. The van der Waals surface area contributed by atoms with Gasteiger partial charge in [-0.25, -0.2) is 17.8 Å². The van der Waals surface area contributed by atoms with Crippen LogP contribution in [0.1, 0.15) is 5.69 Å². The molecule has 0 atom stereocenters. The summed E-state index contributed by atoms with van der Waals surface area (Å²) in [6.07, 6.45) is 0. The van der Waals surface area contributed by atoms with Crippen LogP contribution in [0.15, 0.2) is 69.7 Å². The molecule has 0 amide bonds. The van der Waals surface area contributed by atoms with Crippen molar-refractivity contribution in [3.63, 3.8) is 0 Å². The molecule has 0 radical (unpaired) electrons. The van der Waals surface area contributed by atoms with Gasteiger partial charge in [0.15, 0.2) is 4.96 Å². The largest absolute Gasteiger partial charge is 0.280 e. The van der Waals surface area contributed by atoms with Crippen molar-refractivity contribution in [2.75, 3.05) is 4.72 Å². The number of hydrogen-bond acceptors (Lipinski definition) is 5. The molecule has 28 heavy (non-hydrogen) atoms. The predicted octanol–water partition coefficient (Wildman–Crippen LogP) is 3.67. The van der Waals surface area contributed by atoms with Gasteiger partial charge in [0.25, 0.3) is 15.6 Å². The number of thiazole rings is 1. The molecule has 1 N–H and O–H groups in total. The minimum atomic E-state index is -3.82. The van der Waals surface area contributed by atoms with Gasteiger partial charge in [-0.2, -0.15) is 0 Å². The number of rotatable bonds is 4. The fraction of sp³-hybridized carbons (Fsp3) is 0.0526. The van der Waals surface area contributed by atoms with Crippen LogP contribution in [0.3, 0.4) is 0 Å². The van der Waals surface area contributed by atoms with Crippen molar-refractivity contribution >= 4 is 32.0 Å². The van der Waals surface area contributed by atoms with Crippen LogP contribution < -0.4 is 10.3 Å². The van der Waals surface area contributed by atoms with Gasteiger partial charge in [-0.15, -0.1) is 11.3 Å². The normalized spacial score (nSPS) is 11.6. The summed E-state index contributed by atoms with van der Waals surface area (Å²) in [7, 11) is -3.82. The van der Waals surface area contributed by atoms with Crippen LogP contribution in [0.2, 0.25) is 0 Å². The minimum Gasteiger partial charge on any atom is -0.280 e. The Morgan fingerprint density at radius 2 is 1.75 bits per heavy atom. The Bertz CT molecular complexity index is 1330. The van der Waals surface area contributed by atoms with Crippen LogP contribution in [0.25, 0.3) is 16.2 Å². The summed E-state index contributed by atoms with van der Waals surface area (Å²) in [5.41, 5.74) is 2.28. The number of nitrogens with one attached hydrogen (secondary N) is 1. The number of nitrogens with zero attached hydrogens (tertiary/aromatic N) is 2. The quantitative estimate of drug-likeness (QED) is 0.551. The van der Waals surface area contributed by atoms with Crippen LogP contribution in [-0.2, 0) is 10.0 Å². The van der Waals surface area contributed by atoms with Crippen LogP contribution >= 0.6 is 11.3 Å². The van der Waals surface area contributed by atoms with Gasteiger partial charge in [0.1, 0.15) is 5.82 Å². The number of halogens is 1. The smallest absolute Gasteiger partial charge is 0.261 e. The lowest BCUT2D eigenvalue weighted by atomic mass is 10.1. The second-order valence-corrected chi connectivity index (χ2v) is 8.63. The topological polar surface area (TPSA) is 80.5 Å². The van der Waals surface area contributed by atoms with Crippen LogP contribution in [-0.4, -0.2) is 17.8 Å². The Morgan fingerprint density at radius 1 is 1.07 bits per heavy atom. The molecule has 0 unspecified atom stereocenters. The predicted molar refractivity (Wildman–Crippen MR) is 107 cm³/mol. The van der Waals surface area contributed by atoms with Gasteiger partial charge in [0, 0.05) is 22.8 Å². The molecule has 9 heteroatoms. The van der Waals surface area contributed by atoms with Crippen LogP contribution in [0, 0.1) is 12.7 Å². The standard InChI is InChI=1S/C19H14FN3O3S2/c1-12-10-18(24)23-17(11-27-19(23)21-12)13-2-6-15(7-3-13)22-28(25,26)16-8-4-14(20)5-9-16/h2-11,22H,1H3. The van der Waals surface area contributed by atoms with E-state index in [1.54, 1.807) is 31.2 Å². The first-order chi connectivity index (χ1) is 13.3. The van der Waals surface area contributed by atoms with Crippen molar-refractivity contribution in [3.05, 3.63) is 81.8 Å². The van der Waals surface area contributed by atoms with Gasteiger partial charge in [-0.3, -0.25) is 13.9 Å². The molecule has 0 aliphatic rings. The molecule has 4 aromatic rings. The highest BCUT2D eigenvalue weighted by Gasteiger charge is 2.15. The number of aryl methyl sites for hydroxylation is 1. The Kier molecular flexibility index (Phi) is 4.48. The van der Waals surface area contributed by atoms with E-state index in [0.717, 1.165) is 17.7 Å². The average Bonchev–Trinajstić information content (AvgIpc) is 3.06. The molecule has 142 valence electrons. The molecule has 0 bridgehead atoms. The molecule has 0 spiro atoms. The van der Waals surface area contributed by atoms with E-state index in [4.69, 9.17) is 0 Å². The van der Waals surface area contributed by atoms with E-state index in [0.29, 0.717) is 22.0 Å². The lowest BCUT2D eigenvalue weighted by Gasteiger charge is -2.09. The second-order valence-electron chi connectivity index (χ2n) is 6.11. The SMILES string of the molecule is Cc1cc(=O)n2c(-c3ccc(NS(=O)(=O)c4ccc(F)cc4)cc3)csc2n1. The highest BCUT2D eigenvalue weighted by Crippen LogP contribution is 2.26. The molecular formula is C19H14FN3O3S2. The lowest BCUT2D eigenvalue weighted by molar-refractivity contribution is 0.599. The van der Waals surface area contributed by atoms with E-state index in [1.807, 2.05) is 5.38 Å². The zero-order chi connectivity index (χ0) is 19.9. The third-order valence-electron chi connectivity index (χ3n) is 4.09. The Balaban J connectivity index is 1.65. The summed E-state index contributed by atoms with van der Waals surface area (Å²) in [5, 5.41) is 1.83. The molecule has 4 rings (SSSR count). The molecule has 2 heterocycles. The van der Waals surface area contributed by atoms with Crippen molar-refractivity contribution in [2.24, 2.45) is 0 Å². The Labute approximate surface area is 164 Å². The van der Waals surface area contributed by atoms with Crippen molar-refractivity contribution in [1.29, 1.82) is 0 Å². The zero-order valence-electron chi connectivity index (χ0n) is 14.6. The highest BCUT2D eigenvalue weighted by atomic mass is 32.2. The molecule has 0 saturated carbocycles.